The Morgan fingerprint density at radius 1 is 1.21 bits per heavy atom. The number of amides is 1. The molecule has 98 valence electrons. The number of hydrogen-bond donors (Lipinski definition) is 2. The number of primary amides is 1. The highest BCUT2D eigenvalue weighted by molar-refractivity contribution is 5.79. The van der Waals surface area contributed by atoms with Gasteiger partial charge >= 0.3 is 0 Å². The molecule has 0 saturated heterocycles. The minimum absolute atomic E-state index is 0.0864. The van der Waals surface area contributed by atoms with E-state index in [9.17, 15) is 4.79 Å². The number of aromatic nitrogens is 2. The van der Waals surface area contributed by atoms with E-state index in [-0.39, 0.29) is 6.54 Å². The van der Waals surface area contributed by atoms with Crippen LogP contribution in [0.5, 0.6) is 0 Å². The van der Waals surface area contributed by atoms with Crippen molar-refractivity contribution in [3.63, 3.8) is 0 Å². The summed E-state index contributed by atoms with van der Waals surface area (Å²) in [5, 5.41) is 0. The SMILES string of the molecule is NC(=O)CN(Cc1ccc(N)cc1)c1cnccn1. The Kier molecular flexibility index (Phi) is 3.92. The number of hydrogen-bond acceptors (Lipinski definition) is 5. The lowest BCUT2D eigenvalue weighted by Gasteiger charge is -2.21. The largest absolute Gasteiger partial charge is 0.399 e. The van der Waals surface area contributed by atoms with Gasteiger partial charge in [-0.3, -0.25) is 9.78 Å². The van der Waals surface area contributed by atoms with Gasteiger partial charge in [0.2, 0.25) is 5.91 Å². The molecule has 0 aliphatic rings. The van der Waals surface area contributed by atoms with Crippen LogP contribution < -0.4 is 16.4 Å². The summed E-state index contributed by atoms with van der Waals surface area (Å²) in [6.45, 7) is 0.602. The second-order valence-corrected chi connectivity index (χ2v) is 4.13. The highest BCUT2D eigenvalue weighted by Gasteiger charge is 2.11. The van der Waals surface area contributed by atoms with Gasteiger partial charge < -0.3 is 16.4 Å². The average Bonchev–Trinajstić information content (AvgIpc) is 2.41. The van der Waals surface area contributed by atoms with Crippen LogP contribution >= 0.6 is 0 Å². The molecule has 0 saturated carbocycles. The van der Waals surface area contributed by atoms with Gasteiger partial charge in [-0.15, -0.1) is 0 Å². The van der Waals surface area contributed by atoms with Crippen LogP contribution in [0.15, 0.2) is 42.9 Å². The summed E-state index contributed by atoms with van der Waals surface area (Å²) in [5.41, 5.74) is 12.6. The molecule has 0 aliphatic carbocycles. The molecule has 6 heteroatoms. The molecule has 1 aromatic carbocycles. The van der Waals surface area contributed by atoms with Gasteiger partial charge in [-0.05, 0) is 17.7 Å². The van der Waals surface area contributed by atoms with Gasteiger partial charge in [-0.2, -0.15) is 0 Å². The van der Waals surface area contributed by atoms with Crippen molar-refractivity contribution in [3.8, 4) is 0 Å². The molecule has 0 radical (unpaired) electrons. The summed E-state index contributed by atoms with van der Waals surface area (Å²) in [6.07, 6.45) is 4.75. The van der Waals surface area contributed by atoms with Crippen LogP contribution in [-0.4, -0.2) is 22.4 Å². The number of benzene rings is 1. The predicted molar refractivity (Wildman–Crippen MR) is 73.1 cm³/mol. The molecule has 0 aliphatic heterocycles. The monoisotopic (exact) mass is 257 g/mol. The summed E-state index contributed by atoms with van der Waals surface area (Å²) in [4.78, 5) is 21.1. The minimum Gasteiger partial charge on any atom is -0.399 e. The first kappa shape index (κ1) is 12.8. The lowest BCUT2D eigenvalue weighted by molar-refractivity contribution is -0.116. The Hall–Kier alpha value is -2.63. The number of anilines is 2. The Balaban J connectivity index is 2.19. The molecule has 1 aromatic heterocycles. The van der Waals surface area contributed by atoms with E-state index in [4.69, 9.17) is 11.5 Å². The van der Waals surface area contributed by atoms with Gasteiger partial charge in [0.25, 0.3) is 0 Å². The van der Waals surface area contributed by atoms with Gasteiger partial charge in [0.15, 0.2) is 0 Å². The maximum absolute atomic E-state index is 11.1. The zero-order chi connectivity index (χ0) is 13.7. The van der Waals surface area contributed by atoms with Gasteiger partial charge in [-0.25, -0.2) is 4.98 Å². The van der Waals surface area contributed by atoms with E-state index < -0.39 is 5.91 Å². The molecule has 2 rings (SSSR count). The molecule has 0 spiro atoms. The normalized spacial score (nSPS) is 10.1. The summed E-state index contributed by atoms with van der Waals surface area (Å²) in [6, 6.07) is 7.43. The second-order valence-electron chi connectivity index (χ2n) is 4.13. The number of nitrogens with two attached hydrogens (primary N) is 2. The smallest absolute Gasteiger partial charge is 0.237 e. The third-order valence-corrected chi connectivity index (χ3v) is 2.57. The zero-order valence-electron chi connectivity index (χ0n) is 10.4. The Morgan fingerprint density at radius 2 is 1.95 bits per heavy atom. The van der Waals surface area contributed by atoms with Crippen molar-refractivity contribution in [1.82, 2.24) is 9.97 Å². The van der Waals surface area contributed by atoms with E-state index in [0.29, 0.717) is 18.1 Å². The number of carbonyl (C=O) groups is 1. The van der Waals surface area contributed by atoms with E-state index in [2.05, 4.69) is 9.97 Å². The van der Waals surface area contributed by atoms with E-state index in [1.54, 1.807) is 23.5 Å². The zero-order valence-corrected chi connectivity index (χ0v) is 10.4. The average molecular weight is 257 g/mol. The summed E-state index contributed by atoms with van der Waals surface area (Å²) < 4.78 is 0. The Labute approximate surface area is 111 Å². The van der Waals surface area contributed by atoms with Crippen molar-refractivity contribution in [2.75, 3.05) is 17.2 Å². The molecule has 0 bridgehead atoms. The van der Waals surface area contributed by atoms with E-state index in [1.807, 2.05) is 24.3 Å². The number of nitrogen functional groups attached to an aromatic ring is 1. The second kappa shape index (κ2) is 5.81. The maximum atomic E-state index is 11.1. The summed E-state index contributed by atoms with van der Waals surface area (Å²) >= 11 is 0. The van der Waals surface area contributed by atoms with Crippen molar-refractivity contribution in [2.45, 2.75) is 6.54 Å². The highest BCUT2D eigenvalue weighted by Crippen LogP contribution is 2.13. The van der Waals surface area contributed by atoms with Crippen LogP contribution in [0.25, 0.3) is 0 Å². The molecule has 4 N–H and O–H groups in total. The van der Waals surface area contributed by atoms with E-state index in [0.717, 1.165) is 5.56 Å². The van der Waals surface area contributed by atoms with Crippen LogP contribution in [0.4, 0.5) is 11.5 Å². The third kappa shape index (κ3) is 3.67. The first-order valence-electron chi connectivity index (χ1n) is 5.79. The topological polar surface area (TPSA) is 98.1 Å². The van der Waals surface area contributed by atoms with Crippen LogP contribution in [0.2, 0.25) is 0 Å². The summed E-state index contributed by atoms with van der Waals surface area (Å²) in [7, 11) is 0. The molecular formula is C13H15N5O. The standard InChI is InChI=1S/C13H15N5O/c14-11-3-1-10(2-4-11)8-18(9-12(15)19)13-7-16-5-6-17-13/h1-7H,8-9,14H2,(H2,15,19). The van der Waals surface area contributed by atoms with Crippen molar-refractivity contribution in [3.05, 3.63) is 48.4 Å². The van der Waals surface area contributed by atoms with Gasteiger partial charge in [0.1, 0.15) is 5.82 Å². The molecule has 1 heterocycles. The lowest BCUT2D eigenvalue weighted by Crippen LogP contribution is -2.34. The maximum Gasteiger partial charge on any atom is 0.237 e. The van der Waals surface area contributed by atoms with E-state index in [1.165, 1.54) is 0 Å². The van der Waals surface area contributed by atoms with Crippen molar-refractivity contribution < 1.29 is 4.79 Å². The Morgan fingerprint density at radius 3 is 2.53 bits per heavy atom. The highest BCUT2D eigenvalue weighted by atomic mass is 16.1. The van der Waals surface area contributed by atoms with Gasteiger partial charge in [0.05, 0.1) is 12.7 Å². The molecule has 0 atom stereocenters. The minimum atomic E-state index is -0.416. The molecule has 2 aromatic rings. The predicted octanol–water partition coefficient (Wildman–Crippen LogP) is 0.551. The van der Waals surface area contributed by atoms with Crippen LogP contribution in [0.1, 0.15) is 5.56 Å². The molecular weight excluding hydrogens is 242 g/mol. The fourth-order valence-corrected chi connectivity index (χ4v) is 1.70. The van der Waals surface area contributed by atoms with Crippen molar-refractivity contribution in [1.29, 1.82) is 0 Å². The molecule has 1 amide bonds. The van der Waals surface area contributed by atoms with Gasteiger partial charge in [-0.1, -0.05) is 12.1 Å². The number of rotatable bonds is 5. The lowest BCUT2D eigenvalue weighted by atomic mass is 10.2. The molecule has 6 nitrogen and oxygen atoms in total. The third-order valence-electron chi connectivity index (χ3n) is 2.57. The fourth-order valence-electron chi connectivity index (χ4n) is 1.70. The fraction of sp³-hybridized carbons (Fsp3) is 0.154. The van der Waals surface area contributed by atoms with Crippen molar-refractivity contribution >= 4 is 17.4 Å². The van der Waals surface area contributed by atoms with Crippen LogP contribution in [0, 0.1) is 0 Å². The first-order chi connectivity index (χ1) is 9.15. The molecule has 19 heavy (non-hydrogen) atoms. The number of carbonyl (C=O) groups excluding carboxylic acids is 1. The van der Waals surface area contributed by atoms with Crippen LogP contribution in [-0.2, 0) is 11.3 Å². The molecule has 0 fully saturated rings. The van der Waals surface area contributed by atoms with E-state index >= 15 is 0 Å². The van der Waals surface area contributed by atoms with Crippen LogP contribution in [0.3, 0.4) is 0 Å². The number of nitrogens with zero attached hydrogens (tertiary/aromatic N) is 3. The van der Waals surface area contributed by atoms with Crippen molar-refractivity contribution in [2.24, 2.45) is 5.73 Å². The van der Waals surface area contributed by atoms with Gasteiger partial charge in [0, 0.05) is 24.6 Å². The quantitative estimate of drug-likeness (QED) is 0.762. The first-order valence-corrected chi connectivity index (χ1v) is 5.79. The molecule has 0 unspecified atom stereocenters. The Bertz CT molecular complexity index is 541. The summed E-state index contributed by atoms with van der Waals surface area (Å²) in [5.74, 6) is 0.194.